The van der Waals surface area contributed by atoms with Gasteiger partial charge in [-0.25, -0.2) is 17.7 Å². The highest BCUT2D eigenvalue weighted by Crippen LogP contribution is 2.35. The summed E-state index contributed by atoms with van der Waals surface area (Å²) in [5.41, 5.74) is 2.67. The standard InChI is InChI=1S/C20H24N6O3S/c1-30(28,29)24-8-5-16(6-9-24)26-12-14(11-22-26)18-10-19(25(13-27)15-2-3-15)23-20-17(18)4-7-21-20/h4,7,10-13,15-16H,2-3,5-6,8-9H2,1H3,(H,21,23). The first-order chi connectivity index (χ1) is 14.4. The molecule has 9 nitrogen and oxygen atoms in total. The Hall–Kier alpha value is -2.72. The van der Waals surface area contributed by atoms with Gasteiger partial charge in [0.25, 0.3) is 0 Å². The van der Waals surface area contributed by atoms with Crippen LogP contribution in [0.1, 0.15) is 31.7 Å². The smallest absolute Gasteiger partial charge is 0.215 e. The second-order valence-electron chi connectivity index (χ2n) is 8.11. The average molecular weight is 429 g/mol. The molecule has 1 amide bonds. The van der Waals surface area contributed by atoms with Gasteiger partial charge in [0.1, 0.15) is 11.5 Å². The number of amides is 1. The Labute approximate surface area is 174 Å². The number of hydrogen-bond acceptors (Lipinski definition) is 5. The van der Waals surface area contributed by atoms with Gasteiger partial charge in [-0.15, -0.1) is 0 Å². The minimum atomic E-state index is -3.14. The molecule has 30 heavy (non-hydrogen) atoms. The number of hydrogen-bond donors (Lipinski definition) is 1. The normalized spacial score (nSPS) is 18.7. The molecule has 0 atom stereocenters. The van der Waals surface area contributed by atoms with Crippen molar-refractivity contribution in [1.82, 2.24) is 24.1 Å². The van der Waals surface area contributed by atoms with Gasteiger partial charge in [0.05, 0.1) is 18.5 Å². The Kier molecular flexibility index (Phi) is 4.62. The molecule has 10 heteroatoms. The van der Waals surface area contributed by atoms with Crippen LogP contribution in [0.5, 0.6) is 0 Å². The van der Waals surface area contributed by atoms with Crippen LogP contribution in [0.25, 0.3) is 22.2 Å². The molecule has 1 saturated carbocycles. The number of anilines is 1. The molecule has 0 aromatic carbocycles. The third-order valence-electron chi connectivity index (χ3n) is 6.01. The van der Waals surface area contributed by atoms with Crippen molar-refractivity contribution in [3.8, 4) is 11.1 Å². The first kappa shape index (κ1) is 19.3. The highest BCUT2D eigenvalue weighted by molar-refractivity contribution is 7.88. The Morgan fingerprint density at radius 1 is 1.23 bits per heavy atom. The van der Waals surface area contributed by atoms with Gasteiger partial charge in [-0.3, -0.25) is 14.4 Å². The lowest BCUT2D eigenvalue weighted by Crippen LogP contribution is -2.38. The summed E-state index contributed by atoms with van der Waals surface area (Å²) in [6, 6.07) is 4.33. The number of nitrogens with zero attached hydrogens (tertiary/aromatic N) is 5. The highest BCUT2D eigenvalue weighted by atomic mass is 32.2. The van der Waals surface area contributed by atoms with Crippen molar-refractivity contribution in [2.24, 2.45) is 0 Å². The monoisotopic (exact) mass is 428 g/mol. The van der Waals surface area contributed by atoms with Crippen molar-refractivity contribution in [3.63, 3.8) is 0 Å². The van der Waals surface area contributed by atoms with Crippen LogP contribution in [0.3, 0.4) is 0 Å². The quantitative estimate of drug-likeness (QED) is 0.606. The number of pyridine rings is 1. The maximum Gasteiger partial charge on any atom is 0.215 e. The predicted octanol–water partition coefficient (Wildman–Crippen LogP) is 2.15. The molecule has 1 aliphatic heterocycles. The van der Waals surface area contributed by atoms with Gasteiger partial charge in [-0.05, 0) is 43.4 Å². The molecule has 4 heterocycles. The van der Waals surface area contributed by atoms with E-state index in [-0.39, 0.29) is 12.1 Å². The summed E-state index contributed by atoms with van der Waals surface area (Å²) >= 11 is 0. The van der Waals surface area contributed by atoms with Crippen molar-refractivity contribution >= 4 is 33.3 Å². The summed E-state index contributed by atoms with van der Waals surface area (Å²) in [7, 11) is -3.14. The van der Waals surface area contributed by atoms with Crippen molar-refractivity contribution < 1.29 is 13.2 Å². The van der Waals surface area contributed by atoms with Gasteiger partial charge in [-0.1, -0.05) is 0 Å². The predicted molar refractivity (Wildman–Crippen MR) is 114 cm³/mol. The second kappa shape index (κ2) is 7.21. The molecule has 0 radical (unpaired) electrons. The number of rotatable bonds is 6. The number of sulfonamides is 1. The van der Waals surface area contributed by atoms with E-state index >= 15 is 0 Å². The lowest BCUT2D eigenvalue weighted by atomic mass is 10.1. The average Bonchev–Trinajstić information content (AvgIpc) is 3.25. The SMILES string of the molecule is CS(=O)(=O)N1CCC(n2cc(-c3cc(N(C=O)C4CC4)nc4[nH]ccc34)cn2)CC1. The first-order valence-electron chi connectivity index (χ1n) is 10.2. The molecular formula is C20H24N6O3S. The van der Waals surface area contributed by atoms with E-state index in [1.165, 1.54) is 10.6 Å². The minimum absolute atomic E-state index is 0.165. The number of H-pyrrole nitrogens is 1. The Morgan fingerprint density at radius 2 is 2.00 bits per heavy atom. The van der Waals surface area contributed by atoms with Crippen molar-refractivity contribution in [2.75, 3.05) is 24.2 Å². The second-order valence-corrected chi connectivity index (χ2v) is 10.1. The van der Waals surface area contributed by atoms with E-state index < -0.39 is 10.0 Å². The summed E-state index contributed by atoms with van der Waals surface area (Å²) in [6.07, 6.45) is 11.3. The largest absolute Gasteiger partial charge is 0.346 e. The number of nitrogens with one attached hydrogen (secondary N) is 1. The molecule has 3 aromatic heterocycles. The molecule has 1 saturated heterocycles. The summed E-state index contributed by atoms with van der Waals surface area (Å²) in [5.74, 6) is 0.645. The minimum Gasteiger partial charge on any atom is -0.346 e. The van der Waals surface area contributed by atoms with Gasteiger partial charge in [0.15, 0.2) is 0 Å². The summed E-state index contributed by atoms with van der Waals surface area (Å²) in [4.78, 5) is 21.1. The zero-order chi connectivity index (χ0) is 20.9. The zero-order valence-corrected chi connectivity index (χ0v) is 17.5. The molecule has 2 fully saturated rings. The maximum absolute atomic E-state index is 11.7. The van der Waals surface area contributed by atoms with Crippen molar-refractivity contribution in [3.05, 3.63) is 30.7 Å². The summed E-state index contributed by atoms with van der Waals surface area (Å²) in [6.45, 7) is 1.02. The molecule has 0 bridgehead atoms. The van der Waals surface area contributed by atoms with E-state index in [0.717, 1.165) is 54.3 Å². The zero-order valence-electron chi connectivity index (χ0n) is 16.7. The van der Waals surface area contributed by atoms with Crippen LogP contribution in [0, 0.1) is 0 Å². The van der Waals surface area contributed by atoms with Crippen LogP contribution >= 0.6 is 0 Å². The van der Waals surface area contributed by atoms with Gasteiger partial charge >= 0.3 is 0 Å². The molecule has 2 aliphatic rings. The number of carbonyl (C=O) groups is 1. The lowest BCUT2D eigenvalue weighted by Gasteiger charge is -2.30. The number of aromatic amines is 1. The Bertz CT molecular complexity index is 1190. The third kappa shape index (κ3) is 3.50. The number of fused-ring (bicyclic) bond motifs is 1. The molecule has 1 aliphatic carbocycles. The number of carbonyl (C=O) groups excluding carboxylic acids is 1. The van der Waals surface area contributed by atoms with Crippen LogP contribution in [0.2, 0.25) is 0 Å². The van der Waals surface area contributed by atoms with Crippen LogP contribution in [-0.4, -0.2) is 64.3 Å². The molecule has 0 spiro atoms. The third-order valence-corrected chi connectivity index (χ3v) is 7.32. The molecule has 0 unspecified atom stereocenters. The van der Waals surface area contributed by atoms with Gasteiger partial charge in [0, 0.05) is 42.5 Å². The molecule has 158 valence electrons. The van der Waals surface area contributed by atoms with E-state index in [4.69, 9.17) is 0 Å². The highest BCUT2D eigenvalue weighted by Gasteiger charge is 2.31. The summed E-state index contributed by atoms with van der Waals surface area (Å²) in [5, 5.41) is 5.55. The van der Waals surface area contributed by atoms with Gasteiger partial charge in [0.2, 0.25) is 16.4 Å². The fourth-order valence-electron chi connectivity index (χ4n) is 4.19. The molecule has 3 aromatic rings. The van der Waals surface area contributed by atoms with Gasteiger partial charge < -0.3 is 4.98 Å². The topological polar surface area (TPSA) is 104 Å². The van der Waals surface area contributed by atoms with Crippen molar-refractivity contribution in [1.29, 1.82) is 0 Å². The number of piperidine rings is 1. The maximum atomic E-state index is 11.7. The fraction of sp³-hybridized carbons (Fsp3) is 0.450. The van der Waals surface area contributed by atoms with Crippen LogP contribution in [0.4, 0.5) is 5.82 Å². The van der Waals surface area contributed by atoms with Crippen LogP contribution < -0.4 is 4.90 Å². The van der Waals surface area contributed by atoms with Gasteiger partial charge in [-0.2, -0.15) is 5.10 Å². The van der Waals surface area contributed by atoms with Crippen LogP contribution in [0.15, 0.2) is 30.7 Å². The fourth-order valence-corrected chi connectivity index (χ4v) is 5.06. The van der Waals surface area contributed by atoms with E-state index in [1.807, 2.05) is 35.4 Å². The molecular weight excluding hydrogens is 404 g/mol. The Morgan fingerprint density at radius 3 is 2.67 bits per heavy atom. The van der Waals surface area contributed by atoms with Crippen molar-refractivity contribution in [2.45, 2.75) is 37.8 Å². The van der Waals surface area contributed by atoms with E-state index in [9.17, 15) is 13.2 Å². The molecule has 1 N–H and O–H groups in total. The molecule has 5 rings (SSSR count). The lowest BCUT2D eigenvalue weighted by molar-refractivity contribution is -0.107. The first-order valence-corrected chi connectivity index (χ1v) is 12.0. The van der Waals surface area contributed by atoms with E-state index in [2.05, 4.69) is 15.1 Å². The summed E-state index contributed by atoms with van der Waals surface area (Å²) < 4.78 is 27.0. The number of aromatic nitrogens is 4. The van der Waals surface area contributed by atoms with E-state index in [0.29, 0.717) is 18.9 Å². The van der Waals surface area contributed by atoms with Crippen LogP contribution in [-0.2, 0) is 14.8 Å². The van der Waals surface area contributed by atoms with E-state index in [1.54, 1.807) is 4.90 Å². The Balaban J connectivity index is 1.45.